The summed E-state index contributed by atoms with van der Waals surface area (Å²) in [4.78, 5) is 13.7. The first-order valence-electron chi connectivity index (χ1n) is 7.31. The van der Waals surface area contributed by atoms with Crippen molar-refractivity contribution in [2.45, 2.75) is 23.9 Å². The Morgan fingerprint density at radius 3 is 2.79 bits per heavy atom. The van der Waals surface area contributed by atoms with Crippen LogP contribution >= 0.6 is 23.1 Å². The molecule has 2 aromatic heterocycles. The zero-order valence-corrected chi connectivity index (χ0v) is 14.9. The number of aromatic nitrogens is 4. The largest absolute Gasteiger partial charge is 0.497 e. The van der Waals surface area contributed by atoms with Crippen LogP contribution in [0.1, 0.15) is 22.2 Å². The van der Waals surface area contributed by atoms with Crippen molar-refractivity contribution in [3.63, 3.8) is 0 Å². The van der Waals surface area contributed by atoms with E-state index in [1.165, 1.54) is 16.6 Å². The zero-order chi connectivity index (χ0) is 16.9. The molecule has 124 valence electrons. The van der Waals surface area contributed by atoms with E-state index in [1.54, 1.807) is 47.4 Å². The van der Waals surface area contributed by atoms with Crippen molar-refractivity contribution < 1.29 is 9.53 Å². The second-order valence-electron chi connectivity index (χ2n) is 5.05. The lowest BCUT2D eigenvalue weighted by atomic mass is 10.1. The predicted molar refractivity (Wildman–Crippen MR) is 93.9 cm³/mol. The Balaban J connectivity index is 1.69. The molecule has 0 spiro atoms. The summed E-state index contributed by atoms with van der Waals surface area (Å²) >= 11 is 3.01. The monoisotopic (exact) mass is 360 g/mol. The maximum absolute atomic E-state index is 12.6. The first kappa shape index (κ1) is 16.7. The zero-order valence-electron chi connectivity index (χ0n) is 13.2. The lowest BCUT2D eigenvalue weighted by molar-refractivity contribution is 0.0994. The van der Waals surface area contributed by atoms with Gasteiger partial charge in [0.2, 0.25) is 5.16 Å². The molecule has 0 aliphatic carbocycles. The highest BCUT2D eigenvalue weighted by atomic mass is 32.2. The van der Waals surface area contributed by atoms with E-state index in [0.29, 0.717) is 17.3 Å². The maximum Gasteiger partial charge on any atom is 0.210 e. The maximum atomic E-state index is 12.6. The molecule has 0 saturated carbocycles. The van der Waals surface area contributed by atoms with E-state index in [-0.39, 0.29) is 11.0 Å². The number of tetrazole rings is 1. The number of ether oxygens (including phenoxy) is 1. The van der Waals surface area contributed by atoms with Crippen molar-refractivity contribution in [2.24, 2.45) is 0 Å². The molecule has 3 rings (SSSR count). The predicted octanol–water partition coefficient (Wildman–Crippen LogP) is 3.16. The highest BCUT2D eigenvalue weighted by molar-refractivity contribution is 8.00. The summed E-state index contributed by atoms with van der Waals surface area (Å²) in [6, 6.07) is 11.1. The van der Waals surface area contributed by atoms with Crippen LogP contribution in [0, 0.1) is 0 Å². The van der Waals surface area contributed by atoms with Crippen molar-refractivity contribution in [1.82, 2.24) is 20.2 Å². The van der Waals surface area contributed by atoms with Gasteiger partial charge in [0.15, 0.2) is 5.78 Å². The van der Waals surface area contributed by atoms with Crippen LogP contribution in [0.3, 0.4) is 0 Å². The van der Waals surface area contributed by atoms with Gasteiger partial charge in [0.1, 0.15) is 5.75 Å². The molecule has 0 fully saturated rings. The first-order valence-corrected chi connectivity index (χ1v) is 9.07. The summed E-state index contributed by atoms with van der Waals surface area (Å²) < 4.78 is 6.83. The van der Waals surface area contributed by atoms with Crippen LogP contribution in [0.5, 0.6) is 5.75 Å². The minimum absolute atomic E-state index is 0.0355. The van der Waals surface area contributed by atoms with Crippen LogP contribution in [0.15, 0.2) is 46.9 Å². The number of nitrogens with zero attached hydrogens (tertiary/aromatic N) is 4. The molecule has 0 N–H and O–H groups in total. The van der Waals surface area contributed by atoms with Crippen molar-refractivity contribution in [2.75, 3.05) is 7.11 Å². The standard InChI is InChI=1S/C16H16N4O2S2/c1-11(15(21)12-5-7-13(22-2)8-6-12)24-16-17-18-19-20(16)10-14-4-3-9-23-14/h3-9,11H,10H2,1-2H3/t11-/m0/s1. The molecule has 0 saturated heterocycles. The number of carbonyl (C=O) groups excluding carboxylic acids is 1. The Bertz CT molecular complexity index is 800. The number of rotatable bonds is 7. The Kier molecular flexibility index (Phi) is 5.27. The van der Waals surface area contributed by atoms with Gasteiger partial charge in [0.25, 0.3) is 0 Å². The molecule has 24 heavy (non-hydrogen) atoms. The second-order valence-corrected chi connectivity index (χ2v) is 7.39. The van der Waals surface area contributed by atoms with Gasteiger partial charge in [0.05, 0.1) is 18.9 Å². The molecule has 8 heteroatoms. The van der Waals surface area contributed by atoms with Crippen molar-refractivity contribution in [3.8, 4) is 5.75 Å². The molecule has 1 atom stereocenters. The van der Waals surface area contributed by atoms with Gasteiger partial charge < -0.3 is 4.74 Å². The lowest BCUT2D eigenvalue weighted by Gasteiger charge is -2.10. The van der Waals surface area contributed by atoms with Crippen molar-refractivity contribution in [3.05, 3.63) is 52.2 Å². The fourth-order valence-corrected chi connectivity index (χ4v) is 3.68. The van der Waals surface area contributed by atoms with Gasteiger partial charge in [0, 0.05) is 10.4 Å². The highest BCUT2D eigenvalue weighted by Gasteiger charge is 2.20. The number of carbonyl (C=O) groups is 1. The fraction of sp³-hybridized carbons (Fsp3) is 0.250. The van der Waals surface area contributed by atoms with Crippen LogP contribution in [0.2, 0.25) is 0 Å². The summed E-state index contributed by atoms with van der Waals surface area (Å²) in [5.41, 5.74) is 0.646. The highest BCUT2D eigenvalue weighted by Crippen LogP contribution is 2.25. The number of ketones is 1. The molecule has 0 radical (unpaired) electrons. The smallest absolute Gasteiger partial charge is 0.210 e. The van der Waals surface area contributed by atoms with Crippen LogP contribution in [0.4, 0.5) is 0 Å². The third-order valence-electron chi connectivity index (χ3n) is 3.41. The van der Waals surface area contributed by atoms with Crippen molar-refractivity contribution in [1.29, 1.82) is 0 Å². The molecule has 0 aliphatic rings. The van der Waals surface area contributed by atoms with E-state index >= 15 is 0 Å². The number of Topliss-reactive ketones (excluding diaryl/α,β-unsaturated/α-hetero) is 1. The van der Waals surface area contributed by atoms with E-state index in [9.17, 15) is 4.79 Å². The molecule has 0 amide bonds. The van der Waals surface area contributed by atoms with Gasteiger partial charge in [-0.05, 0) is 53.1 Å². The topological polar surface area (TPSA) is 69.9 Å². The van der Waals surface area contributed by atoms with Gasteiger partial charge in [-0.1, -0.05) is 17.8 Å². The second kappa shape index (κ2) is 7.59. The lowest BCUT2D eigenvalue weighted by Crippen LogP contribution is -2.15. The Hall–Kier alpha value is -2.19. The number of benzene rings is 1. The summed E-state index contributed by atoms with van der Waals surface area (Å²) in [6.07, 6.45) is 0. The van der Waals surface area contributed by atoms with Gasteiger partial charge in [-0.3, -0.25) is 4.79 Å². The van der Waals surface area contributed by atoms with Gasteiger partial charge >= 0.3 is 0 Å². The van der Waals surface area contributed by atoms with E-state index in [1.807, 2.05) is 24.4 Å². The van der Waals surface area contributed by atoms with Crippen molar-refractivity contribution >= 4 is 28.9 Å². The molecule has 6 nitrogen and oxygen atoms in total. The SMILES string of the molecule is COc1ccc(C(=O)[C@H](C)Sc2nnnn2Cc2cccs2)cc1. The minimum Gasteiger partial charge on any atom is -0.497 e. The molecule has 0 bridgehead atoms. The normalized spacial score (nSPS) is 12.1. The number of hydrogen-bond donors (Lipinski definition) is 0. The van der Waals surface area contributed by atoms with Gasteiger partial charge in [-0.25, -0.2) is 4.68 Å². The van der Waals surface area contributed by atoms with E-state index in [4.69, 9.17) is 4.74 Å². The fourth-order valence-electron chi connectivity index (χ4n) is 2.13. The molecular formula is C16H16N4O2S2. The van der Waals surface area contributed by atoms with E-state index in [2.05, 4.69) is 15.5 Å². The molecule has 0 unspecified atom stereocenters. The van der Waals surface area contributed by atoms with Crippen LogP contribution in [0.25, 0.3) is 0 Å². The number of methoxy groups -OCH3 is 1. The van der Waals surface area contributed by atoms with Crippen LogP contribution in [-0.4, -0.2) is 38.4 Å². The number of thioether (sulfide) groups is 1. The Labute approximate surface area is 147 Å². The third kappa shape index (κ3) is 3.82. The summed E-state index contributed by atoms with van der Waals surface area (Å²) in [7, 11) is 1.60. The molecule has 3 aromatic rings. The average Bonchev–Trinajstić information content (AvgIpc) is 3.27. The molecular weight excluding hydrogens is 344 g/mol. The molecule has 1 aromatic carbocycles. The number of thiophene rings is 1. The quantitative estimate of drug-likeness (QED) is 0.476. The average molecular weight is 360 g/mol. The molecule has 2 heterocycles. The first-order chi connectivity index (χ1) is 11.7. The van der Waals surface area contributed by atoms with Gasteiger partial charge in [-0.15, -0.1) is 16.4 Å². The summed E-state index contributed by atoms with van der Waals surface area (Å²) in [5.74, 6) is 0.764. The summed E-state index contributed by atoms with van der Waals surface area (Å²) in [5, 5.41) is 14.1. The Morgan fingerprint density at radius 2 is 2.12 bits per heavy atom. The van der Waals surface area contributed by atoms with Crippen LogP contribution < -0.4 is 4.74 Å². The Morgan fingerprint density at radius 1 is 1.33 bits per heavy atom. The minimum atomic E-state index is -0.286. The van der Waals surface area contributed by atoms with Gasteiger partial charge in [-0.2, -0.15) is 0 Å². The van der Waals surface area contributed by atoms with E-state index in [0.717, 1.165) is 5.75 Å². The number of hydrogen-bond acceptors (Lipinski definition) is 7. The molecule has 0 aliphatic heterocycles. The third-order valence-corrected chi connectivity index (χ3v) is 5.34. The summed E-state index contributed by atoms with van der Waals surface area (Å²) in [6.45, 7) is 2.47. The van der Waals surface area contributed by atoms with E-state index < -0.39 is 0 Å². The van der Waals surface area contributed by atoms with Crippen LogP contribution in [-0.2, 0) is 6.54 Å².